The molecule has 0 aromatic heterocycles. The molecule has 5 saturated carbocycles. The molecule has 2 aliphatic heterocycles. The molecule has 2 N–H and O–H groups in total. The summed E-state index contributed by atoms with van der Waals surface area (Å²) in [5.74, 6) is -4.63. The maximum atomic E-state index is 14.8. The topological polar surface area (TPSA) is 110 Å². The standard InChI is InChI=1S/C31H36O7/c1-15-6-8-18(9-7-15)24(33)29-16(2)19-10-11-20-28-14-37-31(36,30(20,22(19)29)26(29)35)25(34)23(28)27(4,5)13-12-21(28)38-17(3)32/h6-9,19-23,25,34,36H,2,10-14H2,1,3-5H3/t19-,20-,21?,22-,23+,25-,28+,29?,30+,31?/m0/s1. The molecule has 2 spiro atoms. The second-order valence-corrected chi connectivity index (χ2v) is 13.6. The fourth-order valence-electron chi connectivity index (χ4n) is 10.8. The normalized spacial score (nSPS) is 49.1. The molecule has 38 heavy (non-hydrogen) atoms. The highest BCUT2D eigenvalue weighted by atomic mass is 16.6. The molecule has 3 unspecified atom stereocenters. The smallest absolute Gasteiger partial charge is 0.302 e. The van der Waals surface area contributed by atoms with Gasteiger partial charge in [0.25, 0.3) is 0 Å². The average molecular weight is 521 g/mol. The quantitative estimate of drug-likeness (QED) is 0.272. The Morgan fingerprint density at radius 3 is 2.45 bits per heavy atom. The number of allylic oxidation sites excluding steroid dienone is 1. The highest BCUT2D eigenvalue weighted by molar-refractivity contribution is 6.25. The van der Waals surface area contributed by atoms with Crippen molar-refractivity contribution >= 4 is 17.5 Å². The van der Waals surface area contributed by atoms with E-state index in [1.165, 1.54) is 6.92 Å². The third-order valence-corrected chi connectivity index (χ3v) is 11.9. The predicted molar refractivity (Wildman–Crippen MR) is 136 cm³/mol. The number of aliphatic hydroxyl groups excluding tert-OH is 1. The number of esters is 1. The lowest BCUT2D eigenvalue weighted by Crippen LogP contribution is -2.95. The second-order valence-electron chi connectivity index (χ2n) is 13.6. The van der Waals surface area contributed by atoms with E-state index in [2.05, 4.69) is 20.4 Å². The summed E-state index contributed by atoms with van der Waals surface area (Å²) in [4.78, 5) is 41.1. The summed E-state index contributed by atoms with van der Waals surface area (Å²) in [5, 5.41) is 24.3. The molecular formula is C31H36O7. The van der Waals surface area contributed by atoms with Gasteiger partial charge in [-0.25, -0.2) is 0 Å². The number of fused-ring (bicyclic) bond motifs is 1. The summed E-state index contributed by atoms with van der Waals surface area (Å²) in [6.07, 6.45) is 0.743. The van der Waals surface area contributed by atoms with Crippen molar-refractivity contribution in [2.24, 2.45) is 45.3 Å². The monoisotopic (exact) mass is 520 g/mol. The fraction of sp³-hybridized carbons (Fsp3) is 0.645. The summed E-state index contributed by atoms with van der Waals surface area (Å²) in [7, 11) is 0. The van der Waals surface area contributed by atoms with Gasteiger partial charge in [0.15, 0.2) is 11.6 Å². The maximum absolute atomic E-state index is 14.8. The van der Waals surface area contributed by atoms with E-state index in [1.54, 1.807) is 12.1 Å². The first-order chi connectivity index (χ1) is 17.8. The Balaban J connectivity index is 1.42. The molecule has 7 aliphatic rings. The van der Waals surface area contributed by atoms with Gasteiger partial charge in [0, 0.05) is 29.7 Å². The van der Waals surface area contributed by atoms with Gasteiger partial charge in [0.05, 0.1) is 12.0 Å². The number of benzene rings is 1. The highest BCUT2D eigenvalue weighted by Gasteiger charge is 2.96. The Hall–Kier alpha value is -2.35. The van der Waals surface area contributed by atoms with Crippen LogP contribution < -0.4 is 0 Å². The van der Waals surface area contributed by atoms with E-state index in [9.17, 15) is 24.6 Å². The Bertz CT molecular complexity index is 1310. The van der Waals surface area contributed by atoms with Crippen LogP contribution in [0.15, 0.2) is 36.4 Å². The largest absolute Gasteiger partial charge is 0.462 e. The third kappa shape index (κ3) is 2.24. The van der Waals surface area contributed by atoms with Crippen LogP contribution in [0.3, 0.4) is 0 Å². The van der Waals surface area contributed by atoms with Crippen LogP contribution in [0.5, 0.6) is 0 Å². The van der Waals surface area contributed by atoms with Crippen LogP contribution in [0.25, 0.3) is 0 Å². The molecule has 8 rings (SSSR count). The van der Waals surface area contributed by atoms with Gasteiger partial charge in [-0.1, -0.05) is 55.8 Å². The first-order valence-corrected chi connectivity index (χ1v) is 13.9. The zero-order valence-corrected chi connectivity index (χ0v) is 22.5. The Kier molecular flexibility index (Phi) is 4.57. The predicted octanol–water partition coefficient (Wildman–Crippen LogP) is 3.39. The van der Waals surface area contributed by atoms with Gasteiger partial charge in [-0.05, 0) is 49.9 Å². The minimum atomic E-state index is -2.11. The number of aliphatic hydroxyl groups is 2. The molecule has 1 aromatic rings. The first kappa shape index (κ1) is 24.7. The number of carbonyl (C=O) groups is 3. The van der Waals surface area contributed by atoms with Crippen molar-refractivity contribution < 1.29 is 34.1 Å². The maximum Gasteiger partial charge on any atom is 0.302 e. The fourth-order valence-corrected chi connectivity index (χ4v) is 10.8. The summed E-state index contributed by atoms with van der Waals surface area (Å²) >= 11 is 0. The summed E-state index contributed by atoms with van der Waals surface area (Å²) in [6, 6.07) is 7.19. The van der Waals surface area contributed by atoms with Crippen molar-refractivity contribution in [2.75, 3.05) is 6.61 Å². The number of Topliss-reactive ketones (excluding diaryl/α,β-unsaturated/α-hetero) is 2. The van der Waals surface area contributed by atoms with E-state index in [4.69, 9.17) is 9.47 Å². The van der Waals surface area contributed by atoms with Crippen molar-refractivity contribution in [3.8, 4) is 0 Å². The number of rotatable bonds is 3. The van der Waals surface area contributed by atoms with E-state index in [0.29, 0.717) is 30.4 Å². The van der Waals surface area contributed by atoms with E-state index in [1.807, 2.05) is 19.1 Å². The number of hydrogen-bond donors (Lipinski definition) is 2. The number of hydrogen-bond acceptors (Lipinski definition) is 7. The third-order valence-electron chi connectivity index (χ3n) is 11.9. The number of ether oxygens (including phenoxy) is 2. The number of carbonyl (C=O) groups excluding carboxylic acids is 3. The van der Waals surface area contributed by atoms with Crippen LogP contribution in [-0.4, -0.2) is 52.4 Å². The van der Waals surface area contributed by atoms with E-state index < -0.39 is 52.0 Å². The van der Waals surface area contributed by atoms with E-state index in [-0.39, 0.29) is 35.4 Å². The molecule has 7 fully saturated rings. The molecule has 0 radical (unpaired) electrons. The molecule has 0 amide bonds. The molecule has 7 heteroatoms. The second kappa shape index (κ2) is 7.04. The molecule has 2 bridgehead atoms. The van der Waals surface area contributed by atoms with Crippen molar-refractivity contribution in [1.29, 1.82) is 0 Å². The van der Waals surface area contributed by atoms with Crippen LogP contribution in [0.2, 0.25) is 0 Å². The summed E-state index contributed by atoms with van der Waals surface area (Å²) in [5.41, 5.74) is -2.00. The SMILES string of the molecule is C=C1[C@@H]2CC[C@H]3[C@@]45COC(O)([C@@H](O)[C@@H]4C(C)(C)CCC5OC(C)=O)[C@]34C(=O)C1(C(=O)c1ccc(C)cc1)[C@H]24. The van der Waals surface area contributed by atoms with Gasteiger partial charge in [0.1, 0.15) is 17.6 Å². The van der Waals surface area contributed by atoms with E-state index >= 15 is 0 Å². The molecule has 1 aromatic carbocycles. The summed E-state index contributed by atoms with van der Waals surface area (Å²) < 4.78 is 12.2. The van der Waals surface area contributed by atoms with Gasteiger partial charge in [-0.15, -0.1) is 0 Å². The molecule has 7 nitrogen and oxygen atoms in total. The zero-order valence-electron chi connectivity index (χ0n) is 22.5. The number of ketones is 2. The zero-order chi connectivity index (χ0) is 27.2. The molecular weight excluding hydrogens is 484 g/mol. The van der Waals surface area contributed by atoms with Crippen LogP contribution in [-0.2, 0) is 19.1 Å². The Labute approximate surface area is 222 Å². The molecule has 10 atom stereocenters. The van der Waals surface area contributed by atoms with Gasteiger partial charge in [0.2, 0.25) is 5.79 Å². The lowest BCUT2D eigenvalue weighted by atomic mass is 9.18. The van der Waals surface area contributed by atoms with Crippen molar-refractivity contribution in [2.45, 2.75) is 71.4 Å². The van der Waals surface area contributed by atoms with Crippen LogP contribution in [0.4, 0.5) is 0 Å². The van der Waals surface area contributed by atoms with Crippen molar-refractivity contribution in [1.82, 2.24) is 0 Å². The minimum Gasteiger partial charge on any atom is -0.462 e. The molecule has 202 valence electrons. The lowest BCUT2D eigenvalue weighted by Gasteiger charge is -2.85. The van der Waals surface area contributed by atoms with E-state index in [0.717, 1.165) is 12.0 Å². The summed E-state index contributed by atoms with van der Waals surface area (Å²) in [6.45, 7) is 11.8. The van der Waals surface area contributed by atoms with Gasteiger partial charge in [-0.2, -0.15) is 0 Å². The molecule has 2 heterocycles. The van der Waals surface area contributed by atoms with Gasteiger partial charge >= 0.3 is 5.97 Å². The Morgan fingerprint density at radius 1 is 1.11 bits per heavy atom. The van der Waals surface area contributed by atoms with Crippen LogP contribution in [0.1, 0.15) is 62.4 Å². The lowest BCUT2D eigenvalue weighted by molar-refractivity contribution is -0.478. The average Bonchev–Trinajstić information content (AvgIpc) is 2.86. The van der Waals surface area contributed by atoms with Gasteiger partial charge in [-0.3, -0.25) is 14.4 Å². The minimum absolute atomic E-state index is 0.101. The highest BCUT2D eigenvalue weighted by Crippen LogP contribution is 2.87. The molecule has 5 aliphatic carbocycles. The number of aryl methyl sites for hydroxylation is 1. The van der Waals surface area contributed by atoms with Crippen molar-refractivity contribution in [3.63, 3.8) is 0 Å². The first-order valence-electron chi connectivity index (χ1n) is 13.9. The van der Waals surface area contributed by atoms with Crippen molar-refractivity contribution in [3.05, 3.63) is 47.5 Å². The van der Waals surface area contributed by atoms with Gasteiger partial charge < -0.3 is 19.7 Å². The Morgan fingerprint density at radius 2 is 1.79 bits per heavy atom. The van der Waals surface area contributed by atoms with Crippen LogP contribution >= 0.6 is 0 Å². The molecule has 2 saturated heterocycles. The van der Waals surface area contributed by atoms with Crippen LogP contribution in [0, 0.1) is 52.3 Å².